The smallest absolute Gasteiger partial charge is 0.167 e. The van der Waals surface area contributed by atoms with Crippen LogP contribution in [0.3, 0.4) is 0 Å². The molecule has 3 nitrogen and oxygen atoms in total. The van der Waals surface area contributed by atoms with E-state index in [1.807, 2.05) is 12.1 Å². The summed E-state index contributed by atoms with van der Waals surface area (Å²) in [6.07, 6.45) is 2.03. The van der Waals surface area contributed by atoms with Gasteiger partial charge in [-0.1, -0.05) is 16.8 Å². The van der Waals surface area contributed by atoms with E-state index in [2.05, 4.69) is 10.1 Å². The third-order valence-corrected chi connectivity index (χ3v) is 3.94. The first-order valence-corrected chi connectivity index (χ1v) is 6.96. The van der Waals surface area contributed by atoms with Gasteiger partial charge in [0, 0.05) is 29.4 Å². The first-order chi connectivity index (χ1) is 9.26. The molecule has 1 aliphatic heterocycles. The number of benzene rings is 1. The van der Waals surface area contributed by atoms with E-state index in [4.69, 9.17) is 16.1 Å². The Morgan fingerprint density at radius 2 is 2.37 bits per heavy atom. The van der Waals surface area contributed by atoms with Crippen molar-refractivity contribution in [3.05, 3.63) is 28.9 Å². The number of likely N-dealkylation sites (tertiary alicyclic amines) is 1. The number of rotatable bonds is 3. The highest BCUT2D eigenvalue weighted by atomic mass is 35.5. The van der Waals surface area contributed by atoms with Crippen LogP contribution < -0.4 is 0 Å². The monoisotopic (exact) mass is 282 g/mol. The molecule has 0 spiro atoms. The predicted molar refractivity (Wildman–Crippen MR) is 73.0 cm³/mol. The van der Waals surface area contributed by atoms with Gasteiger partial charge in [0.2, 0.25) is 0 Å². The number of halogens is 2. The Balaban J connectivity index is 1.79. The van der Waals surface area contributed by atoms with Gasteiger partial charge in [-0.2, -0.15) is 0 Å². The minimum Gasteiger partial charge on any atom is -0.356 e. The van der Waals surface area contributed by atoms with Gasteiger partial charge in [-0.05, 0) is 37.6 Å². The average molecular weight is 283 g/mol. The number of hydrogen-bond acceptors (Lipinski definition) is 3. The summed E-state index contributed by atoms with van der Waals surface area (Å²) in [5, 5.41) is 5.74. The van der Waals surface area contributed by atoms with E-state index in [1.54, 1.807) is 6.07 Å². The van der Waals surface area contributed by atoms with Gasteiger partial charge in [-0.25, -0.2) is 0 Å². The first kappa shape index (κ1) is 12.9. The van der Waals surface area contributed by atoms with Crippen LogP contribution in [0, 0.1) is 5.92 Å². The van der Waals surface area contributed by atoms with E-state index in [0.717, 1.165) is 42.6 Å². The van der Waals surface area contributed by atoms with Crippen molar-refractivity contribution in [2.75, 3.05) is 19.8 Å². The summed E-state index contributed by atoms with van der Waals surface area (Å²) in [6.45, 7) is 2.25. The van der Waals surface area contributed by atoms with Gasteiger partial charge in [0.05, 0.1) is 6.67 Å². The van der Waals surface area contributed by atoms with Gasteiger partial charge < -0.3 is 4.52 Å². The molecular formula is C14H16ClFN2O. The highest BCUT2D eigenvalue weighted by Crippen LogP contribution is 2.25. The number of hydrogen-bond donors (Lipinski definition) is 0. The Labute approximate surface area is 116 Å². The third kappa shape index (κ3) is 2.74. The van der Waals surface area contributed by atoms with Gasteiger partial charge in [0.15, 0.2) is 5.58 Å². The van der Waals surface area contributed by atoms with Crippen LogP contribution >= 0.6 is 11.6 Å². The van der Waals surface area contributed by atoms with Crippen molar-refractivity contribution in [1.29, 1.82) is 0 Å². The van der Waals surface area contributed by atoms with Gasteiger partial charge in [0.25, 0.3) is 0 Å². The van der Waals surface area contributed by atoms with Crippen LogP contribution in [-0.2, 0) is 6.54 Å². The quantitative estimate of drug-likeness (QED) is 0.860. The molecule has 102 valence electrons. The zero-order valence-electron chi connectivity index (χ0n) is 10.6. The second-order valence-corrected chi connectivity index (χ2v) is 5.60. The molecular weight excluding hydrogens is 267 g/mol. The van der Waals surface area contributed by atoms with Crippen molar-refractivity contribution in [1.82, 2.24) is 10.1 Å². The van der Waals surface area contributed by atoms with Gasteiger partial charge in [0.1, 0.15) is 5.69 Å². The van der Waals surface area contributed by atoms with E-state index in [0.29, 0.717) is 11.6 Å². The summed E-state index contributed by atoms with van der Waals surface area (Å²) in [7, 11) is 0. The molecule has 19 heavy (non-hydrogen) atoms. The Kier molecular flexibility index (Phi) is 3.71. The molecule has 0 radical (unpaired) electrons. The molecule has 0 N–H and O–H groups in total. The second kappa shape index (κ2) is 5.47. The Morgan fingerprint density at radius 3 is 3.21 bits per heavy atom. The number of piperidine rings is 1. The van der Waals surface area contributed by atoms with Gasteiger partial charge in [-0.3, -0.25) is 9.29 Å². The van der Waals surface area contributed by atoms with E-state index in [9.17, 15) is 4.39 Å². The van der Waals surface area contributed by atoms with Gasteiger partial charge >= 0.3 is 0 Å². The highest BCUT2D eigenvalue weighted by molar-refractivity contribution is 6.31. The molecule has 5 heteroatoms. The molecule has 1 fully saturated rings. The maximum absolute atomic E-state index is 12.8. The summed E-state index contributed by atoms with van der Waals surface area (Å²) in [5.74, 6) is 0.163. The Hall–Kier alpha value is -1.13. The highest BCUT2D eigenvalue weighted by Gasteiger charge is 2.21. The minimum absolute atomic E-state index is 0.163. The summed E-state index contributed by atoms with van der Waals surface area (Å²) in [4.78, 5) is 2.24. The van der Waals surface area contributed by atoms with Crippen LogP contribution in [0.5, 0.6) is 0 Å². The molecule has 1 atom stereocenters. The molecule has 1 saturated heterocycles. The van der Waals surface area contributed by atoms with E-state index in [1.165, 1.54) is 0 Å². The van der Waals surface area contributed by atoms with Gasteiger partial charge in [-0.15, -0.1) is 0 Å². The number of alkyl halides is 1. The summed E-state index contributed by atoms with van der Waals surface area (Å²) in [5.41, 5.74) is 1.63. The van der Waals surface area contributed by atoms with E-state index in [-0.39, 0.29) is 12.6 Å². The molecule has 2 aromatic rings. The standard InChI is InChI=1S/C14H16ClFN2O/c15-11-3-4-14-12(6-11)13(17-19-14)9-18-5-1-2-10(7-16)8-18/h3-4,6,10H,1-2,5,7-9H2. The van der Waals surface area contributed by atoms with Crippen molar-refractivity contribution in [2.24, 2.45) is 5.92 Å². The molecule has 1 aromatic carbocycles. The van der Waals surface area contributed by atoms with Crippen LogP contribution in [0.1, 0.15) is 18.5 Å². The molecule has 3 rings (SSSR count). The molecule has 1 aromatic heterocycles. The first-order valence-electron chi connectivity index (χ1n) is 6.58. The van der Waals surface area contributed by atoms with Crippen LogP contribution in [0.2, 0.25) is 5.02 Å². The maximum Gasteiger partial charge on any atom is 0.167 e. The fraction of sp³-hybridized carbons (Fsp3) is 0.500. The minimum atomic E-state index is -0.234. The predicted octanol–water partition coefficient (Wildman–Crippen LogP) is 3.66. The SMILES string of the molecule is FCC1CCCN(Cc2noc3ccc(Cl)cc23)C1. The zero-order valence-corrected chi connectivity index (χ0v) is 11.4. The topological polar surface area (TPSA) is 29.3 Å². The molecule has 1 aliphatic rings. The maximum atomic E-state index is 12.8. The Bertz CT molecular complexity index is 572. The fourth-order valence-electron chi connectivity index (χ4n) is 2.71. The molecule has 2 heterocycles. The Morgan fingerprint density at radius 1 is 1.47 bits per heavy atom. The van der Waals surface area contributed by atoms with Crippen LogP contribution in [0.25, 0.3) is 11.0 Å². The normalized spacial score (nSPS) is 21.1. The molecule has 0 amide bonds. The van der Waals surface area contributed by atoms with Crippen molar-refractivity contribution in [2.45, 2.75) is 19.4 Å². The average Bonchev–Trinajstić information content (AvgIpc) is 2.81. The molecule has 0 aliphatic carbocycles. The third-order valence-electron chi connectivity index (χ3n) is 3.70. The number of nitrogens with zero attached hydrogens (tertiary/aromatic N) is 2. The van der Waals surface area contributed by atoms with Crippen molar-refractivity contribution in [3.8, 4) is 0 Å². The lowest BCUT2D eigenvalue weighted by Crippen LogP contribution is -2.35. The lowest BCUT2D eigenvalue weighted by atomic mass is 9.99. The molecule has 0 saturated carbocycles. The molecule has 1 unspecified atom stereocenters. The van der Waals surface area contributed by atoms with Crippen LogP contribution in [0.4, 0.5) is 4.39 Å². The lowest BCUT2D eigenvalue weighted by Gasteiger charge is -2.30. The number of fused-ring (bicyclic) bond motifs is 1. The summed E-state index contributed by atoms with van der Waals surface area (Å²) >= 11 is 6.00. The van der Waals surface area contributed by atoms with Crippen LogP contribution in [-0.4, -0.2) is 29.8 Å². The molecule has 0 bridgehead atoms. The summed E-state index contributed by atoms with van der Waals surface area (Å²) < 4.78 is 18.0. The second-order valence-electron chi connectivity index (χ2n) is 5.17. The summed E-state index contributed by atoms with van der Waals surface area (Å²) in [6, 6.07) is 5.49. The lowest BCUT2D eigenvalue weighted by molar-refractivity contribution is 0.145. The van der Waals surface area contributed by atoms with Crippen LogP contribution in [0.15, 0.2) is 22.7 Å². The largest absolute Gasteiger partial charge is 0.356 e. The zero-order chi connectivity index (χ0) is 13.2. The number of aromatic nitrogens is 1. The fourth-order valence-corrected chi connectivity index (χ4v) is 2.88. The van der Waals surface area contributed by atoms with Crippen molar-refractivity contribution < 1.29 is 8.91 Å². The van der Waals surface area contributed by atoms with E-state index >= 15 is 0 Å². The van der Waals surface area contributed by atoms with Crippen molar-refractivity contribution >= 4 is 22.6 Å². The van der Waals surface area contributed by atoms with E-state index < -0.39 is 0 Å². The van der Waals surface area contributed by atoms with Crippen molar-refractivity contribution in [3.63, 3.8) is 0 Å².